The molecule has 5 rings (SSSR count). The van der Waals surface area contributed by atoms with Crippen molar-refractivity contribution in [2.24, 2.45) is 0 Å². The average molecular weight is 539 g/mol. The number of hydrogen-bond acceptors (Lipinski definition) is 6. The maximum absolute atomic E-state index is 12.8. The third-order valence-corrected chi connectivity index (χ3v) is 8.66. The topological polar surface area (TPSA) is 106 Å². The molecule has 9 heteroatoms. The van der Waals surface area contributed by atoms with E-state index < -0.39 is 3.61 Å². The molecule has 1 fully saturated rings. The van der Waals surface area contributed by atoms with Crippen LogP contribution in [0.3, 0.4) is 0 Å². The average Bonchev–Trinajstić information content (AvgIpc) is 3.38. The molecule has 3 heterocycles. The van der Waals surface area contributed by atoms with Crippen molar-refractivity contribution < 1.29 is 31.1 Å². The molecule has 3 aromatic heterocycles. The van der Waals surface area contributed by atoms with Gasteiger partial charge >= 0.3 is 166 Å². The molecule has 2 N–H and O–H groups in total. The van der Waals surface area contributed by atoms with Crippen LogP contribution < -0.4 is 26.5 Å². The molecule has 162 valence electrons. The number of aromatic nitrogens is 5. The Kier molecular flexibility index (Phi) is 5.66. The zero-order valence-corrected chi connectivity index (χ0v) is 19.2. The summed E-state index contributed by atoms with van der Waals surface area (Å²) in [6, 6.07) is 14.9. The molecular weight excluding hydrogens is 519 g/mol. The van der Waals surface area contributed by atoms with Crippen LogP contribution in [0.15, 0.2) is 73.4 Å². The Balaban J connectivity index is 1.33. The molecule has 1 aliphatic carbocycles. The van der Waals surface area contributed by atoms with Crippen LogP contribution in [0.1, 0.15) is 23.3 Å². The van der Waals surface area contributed by atoms with E-state index in [0.29, 0.717) is 11.4 Å². The van der Waals surface area contributed by atoms with Crippen LogP contribution in [-0.4, -0.2) is 39.4 Å². The van der Waals surface area contributed by atoms with Crippen molar-refractivity contribution in [2.75, 3.05) is 5.32 Å². The summed E-state index contributed by atoms with van der Waals surface area (Å²) in [5.74, 6) is 0.429. The molecule has 8 nitrogen and oxygen atoms in total. The summed E-state index contributed by atoms with van der Waals surface area (Å²) in [6.07, 6.45) is 8.57. The van der Waals surface area contributed by atoms with E-state index in [-0.39, 0.29) is 27.1 Å². The van der Waals surface area contributed by atoms with Crippen LogP contribution >= 0.6 is 0 Å². The van der Waals surface area contributed by atoms with Crippen LogP contribution in [0, 0.1) is 0 Å². The van der Waals surface area contributed by atoms with Gasteiger partial charge in [-0.25, -0.2) is 0 Å². The van der Waals surface area contributed by atoms with E-state index in [1.807, 2.05) is 47.0 Å². The van der Waals surface area contributed by atoms with E-state index in [1.165, 1.54) is 0 Å². The normalized spacial score (nSPS) is 14.3. The quantitative estimate of drug-likeness (QED) is 0.257. The summed E-state index contributed by atoms with van der Waals surface area (Å²) < 4.78 is 2.30. The number of nitrogens with one attached hydrogen (secondary N) is 1. The van der Waals surface area contributed by atoms with Crippen LogP contribution in [0.25, 0.3) is 22.5 Å². The van der Waals surface area contributed by atoms with E-state index in [0.717, 1.165) is 39.9 Å². The van der Waals surface area contributed by atoms with Crippen molar-refractivity contribution in [1.29, 1.82) is 0 Å². The van der Waals surface area contributed by atoms with Gasteiger partial charge in [-0.05, 0) is 6.07 Å². The number of carbonyl (C=O) groups excluding carboxylic acids is 1. The van der Waals surface area contributed by atoms with Gasteiger partial charge < -0.3 is 0 Å². The van der Waals surface area contributed by atoms with Crippen molar-refractivity contribution >= 4 is 11.6 Å². The van der Waals surface area contributed by atoms with E-state index in [9.17, 15) is 9.90 Å². The van der Waals surface area contributed by atoms with Gasteiger partial charge in [0.05, 0.1) is 0 Å². The SMILES string of the molecule is O=C(Nc1cccc(-c2nncn2C[I-]C2(O)CC2)c1)c1cc(-c2cccnc2)ccn1. The number of amides is 1. The van der Waals surface area contributed by atoms with Gasteiger partial charge in [0, 0.05) is 12.4 Å². The van der Waals surface area contributed by atoms with Crippen molar-refractivity contribution in [3.05, 3.63) is 79.1 Å². The van der Waals surface area contributed by atoms with Crippen LogP contribution in [0.5, 0.6) is 0 Å². The number of halogens is 1. The minimum absolute atomic E-state index is 0.295. The fourth-order valence-electron chi connectivity index (χ4n) is 3.18. The Hall–Kier alpha value is -3.18. The number of pyridine rings is 2. The number of aliphatic hydroxyl groups is 1. The van der Waals surface area contributed by atoms with E-state index in [4.69, 9.17) is 0 Å². The van der Waals surface area contributed by atoms with Gasteiger partial charge in [-0.3, -0.25) is 4.98 Å². The molecule has 1 aromatic carbocycles. The zero-order chi connectivity index (χ0) is 22.0. The second-order valence-corrected chi connectivity index (χ2v) is 11.0. The molecular formula is C23H20IN6O2-. The third-order valence-electron chi connectivity index (χ3n) is 5.08. The molecule has 0 unspecified atom stereocenters. The first kappa shape index (κ1) is 20.7. The number of carbonyl (C=O) groups is 1. The Morgan fingerprint density at radius 1 is 1.09 bits per heavy atom. The number of nitrogens with zero attached hydrogens (tertiary/aromatic N) is 5. The molecule has 0 atom stereocenters. The Bertz CT molecular complexity index is 1260. The zero-order valence-electron chi connectivity index (χ0n) is 17.0. The monoisotopic (exact) mass is 539 g/mol. The van der Waals surface area contributed by atoms with Crippen LogP contribution in [-0.2, 0) is 4.55 Å². The molecule has 1 saturated carbocycles. The number of hydrogen-bond donors (Lipinski definition) is 2. The molecule has 0 spiro atoms. The molecule has 0 bridgehead atoms. The first-order chi connectivity index (χ1) is 15.6. The number of benzene rings is 1. The van der Waals surface area contributed by atoms with Gasteiger partial charge in [-0.2, -0.15) is 0 Å². The van der Waals surface area contributed by atoms with Crippen LogP contribution in [0.4, 0.5) is 5.69 Å². The molecule has 32 heavy (non-hydrogen) atoms. The fourth-order valence-corrected chi connectivity index (χ4v) is 5.71. The first-order valence-corrected chi connectivity index (χ1v) is 12.7. The van der Waals surface area contributed by atoms with Gasteiger partial charge in [0.15, 0.2) is 0 Å². The molecule has 1 aliphatic rings. The third kappa shape index (κ3) is 4.68. The summed E-state index contributed by atoms with van der Waals surface area (Å²) in [4.78, 5) is 21.2. The van der Waals surface area contributed by atoms with Crippen molar-refractivity contribution in [3.8, 4) is 22.5 Å². The van der Waals surface area contributed by atoms with Gasteiger partial charge in [-0.1, -0.05) is 6.07 Å². The van der Waals surface area contributed by atoms with Gasteiger partial charge in [0.2, 0.25) is 0 Å². The number of anilines is 1. The van der Waals surface area contributed by atoms with Gasteiger partial charge in [0.1, 0.15) is 0 Å². The predicted molar refractivity (Wildman–Crippen MR) is 115 cm³/mol. The number of alkyl halides is 2. The molecule has 0 aliphatic heterocycles. The Morgan fingerprint density at radius 3 is 2.78 bits per heavy atom. The summed E-state index contributed by atoms with van der Waals surface area (Å²) in [6.45, 7) is 0. The predicted octanol–water partition coefficient (Wildman–Crippen LogP) is 0.183. The maximum atomic E-state index is 12.8. The number of rotatable bonds is 7. The summed E-state index contributed by atoms with van der Waals surface area (Å²) in [7, 11) is 0. The second kappa shape index (κ2) is 8.75. The van der Waals surface area contributed by atoms with Crippen molar-refractivity contribution in [3.63, 3.8) is 0 Å². The second-order valence-electron chi connectivity index (χ2n) is 7.50. The van der Waals surface area contributed by atoms with E-state index in [2.05, 4.69) is 25.5 Å². The molecule has 0 radical (unpaired) electrons. The van der Waals surface area contributed by atoms with E-state index in [1.54, 1.807) is 31.0 Å². The Labute approximate surface area is 195 Å². The Morgan fingerprint density at radius 2 is 1.97 bits per heavy atom. The first-order valence-electron chi connectivity index (χ1n) is 10.1. The van der Waals surface area contributed by atoms with Crippen molar-refractivity contribution in [1.82, 2.24) is 24.7 Å². The fraction of sp³-hybridized carbons (Fsp3) is 0.174. The van der Waals surface area contributed by atoms with Crippen molar-refractivity contribution in [2.45, 2.75) is 21.0 Å². The van der Waals surface area contributed by atoms with Gasteiger partial charge in [0.25, 0.3) is 0 Å². The molecule has 0 saturated heterocycles. The standard InChI is InChI=1S/C23H20IN6O2/c31-22(20-12-16(6-10-26-20)18-4-2-9-25-13-18)28-19-5-1-3-17(11-19)21-29-27-15-30(21)14-24-23(32)7-8-23/h1-6,9-13,15,32H,7-8,14H2,(H,28,31)/q-1. The van der Waals surface area contributed by atoms with Gasteiger partial charge in [-0.15, -0.1) is 0 Å². The van der Waals surface area contributed by atoms with E-state index >= 15 is 0 Å². The summed E-state index contributed by atoms with van der Waals surface area (Å²) >= 11 is -0.388. The minimum atomic E-state index is -0.423. The molecule has 1 amide bonds. The van der Waals surface area contributed by atoms with Crippen LogP contribution in [0.2, 0.25) is 0 Å². The summed E-state index contributed by atoms with van der Waals surface area (Å²) in [5, 5.41) is 21.4. The molecule has 4 aromatic rings. The summed E-state index contributed by atoms with van der Waals surface area (Å²) in [5.41, 5.74) is 3.61.